The van der Waals surface area contributed by atoms with E-state index in [1.54, 1.807) is 0 Å². The van der Waals surface area contributed by atoms with Crippen molar-refractivity contribution in [3.05, 3.63) is 29.8 Å². The number of carbonyl (C=O) groups excluding carboxylic acids is 1. The van der Waals surface area contributed by atoms with Gasteiger partial charge in [-0.15, -0.1) is 0 Å². The number of carbonyl (C=O) groups is 1. The summed E-state index contributed by atoms with van der Waals surface area (Å²) >= 11 is 0. The Hall–Kier alpha value is -2.04. The Morgan fingerprint density at radius 1 is 1.42 bits per heavy atom. The van der Waals surface area contributed by atoms with Gasteiger partial charge < -0.3 is 16.3 Å². The van der Waals surface area contributed by atoms with Crippen molar-refractivity contribution in [1.29, 1.82) is 0 Å². The number of oxime groups is 1. The van der Waals surface area contributed by atoms with E-state index in [0.29, 0.717) is 12.3 Å². The maximum Gasteiger partial charge on any atom is 0.235 e. The molecule has 0 spiro atoms. The van der Waals surface area contributed by atoms with Crippen LogP contribution in [0.2, 0.25) is 0 Å². The van der Waals surface area contributed by atoms with Crippen molar-refractivity contribution in [2.45, 2.75) is 33.1 Å². The van der Waals surface area contributed by atoms with Crippen LogP contribution in [0.5, 0.6) is 0 Å². The lowest BCUT2D eigenvalue weighted by molar-refractivity contribution is -0.118. The van der Waals surface area contributed by atoms with Gasteiger partial charge in [-0.1, -0.05) is 44.1 Å². The number of amidine groups is 1. The van der Waals surface area contributed by atoms with Gasteiger partial charge in [0, 0.05) is 5.69 Å². The van der Waals surface area contributed by atoms with Gasteiger partial charge in [-0.25, -0.2) is 0 Å². The van der Waals surface area contributed by atoms with Crippen molar-refractivity contribution in [2.75, 3.05) is 5.32 Å². The second-order valence-electron chi connectivity index (χ2n) is 4.72. The number of benzene rings is 1. The van der Waals surface area contributed by atoms with Crippen LogP contribution in [0.1, 0.15) is 38.7 Å². The number of para-hydroxylation sites is 1. The average molecular weight is 263 g/mol. The standard InChI is InChI=1S/C14H21N3O2/c1-4-10(13(15)17-19)14(18)16-12-8-6-5-7-11(12)9(2)3/h5-10,19H,4H2,1-3H3,(H2,15,17)(H,16,18). The second-order valence-corrected chi connectivity index (χ2v) is 4.72. The minimum atomic E-state index is -0.620. The fraction of sp³-hybridized carbons (Fsp3) is 0.429. The van der Waals surface area contributed by atoms with E-state index in [4.69, 9.17) is 10.9 Å². The summed E-state index contributed by atoms with van der Waals surface area (Å²) in [6.07, 6.45) is 0.478. The zero-order valence-electron chi connectivity index (χ0n) is 11.6. The molecular weight excluding hydrogens is 242 g/mol. The third kappa shape index (κ3) is 3.71. The zero-order valence-corrected chi connectivity index (χ0v) is 11.6. The summed E-state index contributed by atoms with van der Waals surface area (Å²) in [5, 5.41) is 14.4. The summed E-state index contributed by atoms with van der Waals surface area (Å²) in [5.74, 6) is -0.640. The van der Waals surface area contributed by atoms with Gasteiger partial charge >= 0.3 is 0 Å². The topological polar surface area (TPSA) is 87.7 Å². The lowest BCUT2D eigenvalue weighted by Gasteiger charge is -2.17. The molecule has 1 aromatic rings. The fourth-order valence-electron chi connectivity index (χ4n) is 1.93. The van der Waals surface area contributed by atoms with E-state index in [2.05, 4.69) is 24.3 Å². The minimum Gasteiger partial charge on any atom is -0.409 e. The predicted octanol–water partition coefficient (Wildman–Crippen LogP) is 2.52. The minimum absolute atomic E-state index is 0.0676. The number of nitrogens with two attached hydrogens (primary N) is 1. The molecule has 0 saturated heterocycles. The van der Waals surface area contributed by atoms with Crippen LogP contribution in [0.4, 0.5) is 5.69 Å². The first-order valence-electron chi connectivity index (χ1n) is 6.38. The molecule has 4 N–H and O–H groups in total. The van der Waals surface area contributed by atoms with Crippen LogP contribution in [-0.2, 0) is 4.79 Å². The Kier molecular flexibility index (Phi) is 5.36. The largest absolute Gasteiger partial charge is 0.409 e. The number of amides is 1. The van der Waals surface area contributed by atoms with Crippen molar-refractivity contribution < 1.29 is 10.0 Å². The molecule has 0 aromatic heterocycles. The summed E-state index contributed by atoms with van der Waals surface area (Å²) in [6, 6.07) is 7.63. The maximum absolute atomic E-state index is 12.1. The van der Waals surface area contributed by atoms with E-state index < -0.39 is 5.92 Å². The third-order valence-corrected chi connectivity index (χ3v) is 3.04. The number of rotatable bonds is 5. The van der Waals surface area contributed by atoms with Crippen molar-refractivity contribution in [3.63, 3.8) is 0 Å². The molecule has 0 fully saturated rings. The average Bonchev–Trinajstić information content (AvgIpc) is 2.39. The second kappa shape index (κ2) is 6.78. The van der Waals surface area contributed by atoms with Crippen LogP contribution in [0.15, 0.2) is 29.4 Å². The van der Waals surface area contributed by atoms with Gasteiger partial charge in [0.25, 0.3) is 0 Å². The molecule has 5 heteroatoms. The van der Waals surface area contributed by atoms with Gasteiger partial charge in [0.05, 0.1) is 5.92 Å². The predicted molar refractivity (Wildman–Crippen MR) is 76.4 cm³/mol. The van der Waals surface area contributed by atoms with Crippen molar-refractivity contribution in [3.8, 4) is 0 Å². The highest BCUT2D eigenvalue weighted by Crippen LogP contribution is 2.24. The molecular formula is C14H21N3O2. The van der Waals surface area contributed by atoms with Crippen LogP contribution in [0, 0.1) is 5.92 Å². The number of hydrogen-bond acceptors (Lipinski definition) is 3. The van der Waals surface area contributed by atoms with E-state index in [9.17, 15) is 4.79 Å². The van der Waals surface area contributed by atoms with Crippen LogP contribution >= 0.6 is 0 Å². The molecule has 0 aliphatic carbocycles. The first kappa shape index (κ1) is 15.0. The molecule has 104 valence electrons. The van der Waals surface area contributed by atoms with E-state index in [1.807, 2.05) is 31.2 Å². The number of nitrogens with one attached hydrogen (secondary N) is 1. The molecule has 5 nitrogen and oxygen atoms in total. The summed E-state index contributed by atoms with van der Waals surface area (Å²) in [6.45, 7) is 5.94. The van der Waals surface area contributed by atoms with E-state index in [-0.39, 0.29) is 11.7 Å². The Balaban J connectivity index is 2.93. The van der Waals surface area contributed by atoms with Gasteiger partial charge in [-0.3, -0.25) is 4.79 Å². The van der Waals surface area contributed by atoms with Crippen LogP contribution in [0.25, 0.3) is 0 Å². The zero-order chi connectivity index (χ0) is 14.4. The Bertz CT molecular complexity index is 470. The number of nitrogens with zero attached hydrogens (tertiary/aromatic N) is 1. The van der Waals surface area contributed by atoms with Gasteiger partial charge in [0.2, 0.25) is 5.91 Å². The first-order chi connectivity index (χ1) is 9.01. The van der Waals surface area contributed by atoms with Gasteiger partial charge in [0.1, 0.15) is 0 Å². The third-order valence-electron chi connectivity index (χ3n) is 3.04. The first-order valence-corrected chi connectivity index (χ1v) is 6.38. The monoisotopic (exact) mass is 263 g/mol. The normalized spacial score (nSPS) is 13.4. The molecule has 1 rings (SSSR count). The molecule has 19 heavy (non-hydrogen) atoms. The molecule has 0 aliphatic heterocycles. The SMILES string of the molecule is CCC(C(=O)Nc1ccccc1C(C)C)C(N)=NO. The molecule has 1 amide bonds. The Morgan fingerprint density at radius 3 is 2.58 bits per heavy atom. The molecule has 1 aromatic carbocycles. The molecule has 1 unspecified atom stereocenters. The number of hydrogen-bond donors (Lipinski definition) is 3. The van der Waals surface area contributed by atoms with Gasteiger partial charge in [0.15, 0.2) is 5.84 Å². The van der Waals surface area contributed by atoms with Gasteiger partial charge in [-0.2, -0.15) is 0 Å². The van der Waals surface area contributed by atoms with Crippen molar-refractivity contribution in [2.24, 2.45) is 16.8 Å². The Morgan fingerprint density at radius 2 is 2.05 bits per heavy atom. The molecule has 0 aliphatic rings. The number of anilines is 1. The summed E-state index contributed by atoms with van der Waals surface area (Å²) in [7, 11) is 0. The van der Waals surface area contributed by atoms with Crippen LogP contribution in [0.3, 0.4) is 0 Å². The quantitative estimate of drug-likeness (QED) is 0.330. The van der Waals surface area contributed by atoms with Gasteiger partial charge in [-0.05, 0) is 24.0 Å². The van der Waals surface area contributed by atoms with Crippen molar-refractivity contribution in [1.82, 2.24) is 0 Å². The molecule has 0 heterocycles. The van der Waals surface area contributed by atoms with E-state index >= 15 is 0 Å². The molecule has 0 radical (unpaired) electrons. The van der Waals surface area contributed by atoms with E-state index in [1.165, 1.54) is 0 Å². The lowest BCUT2D eigenvalue weighted by Crippen LogP contribution is -2.34. The fourth-order valence-corrected chi connectivity index (χ4v) is 1.93. The Labute approximate surface area is 113 Å². The lowest BCUT2D eigenvalue weighted by atomic mass is 10.00. The van der Waals surface area contributed by atoms with Crippen LogP contribution < -0.4 is 11.1 Å². The highest BCUT2D eigenvalue weighted by atomic mass is 16.4. The maximum atomic E-state index is 12.1. The molecule has 0 saturated carbocycles. The smallest absolute Gasteiger partial charge is 0.235 e. The van der Waals surface area contributed by atoms with Crippen molar-refractivity contribution >= 4 is 17.4 Å². The van der Waals surface area contributed by atoms with E-state index in [0.717, 1.165) is 11.3 Å². The molecule has 1 atom stereocenters. The summed E-state index contributed by atoms with van der Waals surface area (Å²) in [4.78, 5) is 12.1. The highest BCUT2D eigenvalue weighted by molar-refractivity contribution is 6.07. The van der Waals surface area contributed by atoms with Crippen LogP contribution in [-0.4, -0.2) is 17.0 Å². The highest BCUT2D eigenvalue weighted by Gasteiger charge is 2.22. The summed E-state index contributed by atoms with van der Waals surface area (Å²) < 4.78 is 0. The summed E-state index contributed by atoms with van der Waals surface area (Å²) in [5.41, 5.74) is 7.35. The molecule has 0 bridgehead atoms.